The zero-order valence-electron chi connectivity index (χ0n) is 25.2. The molecule has 0 saturated carbocycles. The number of alkyl halides is 2. The maximum Gasteiger partial charge on any atom is 0.237 e. The predicted molar refractivity (Wildman–Crippen MR) is 169 cm³/mol. The number of aliphatic hydroxyl groups excluding tert-OH is 2. The standard InChI is InChI=1S/C32H32Cl2F2N6O4/c1-45-29-25(11-41-13-31(35,14-41)17-43)37-9-23(39-29)21-7-3-5-19(27(21)33)20-6-4-8-22(28(20)34)24-10-38-26(30(40-24)46-2)12-42-15-32(36,16-42)18-44/h3-10,43-44H,11-18H2,1-2H3. The summed E-state index contributed by atoms with van der Waals surface area (Å²) in [6.45, 7) is 0.0507. The van der Waals surface area contributed by atoms with Crippen molar-refractivity contribution in [1.82, 2.24) is 29.7 Å². The number of hydrogen-bond acceptors (Lipinski definition) is 10. The van der Waals surface area contributed by atoms with Gasteiger partial charge in [0.2, 0.25) is 11.8 Å². The van der Waals surface area contributed by atoms with Crippen LogP contribution in [-0.4, -0.2) is 105 Å². The number of benzene rings is 2. The van der Waals surface area contributed by atoms with Gasteiger partial charge in [-0.25, -0.2) is 18.7 Å². The normalized spacial score (nSPS) is 17.3. The Hall–Kier alpha value is -3.52. The quantitative estimate of drug-likeness (QED) is 0.234. The molecule has 0 amide bonds. The first-order valence-electron chi connectivity index (χ1n) is 14.5. The number of aliphatic hydroxyl groups is 2. The van der Waals surface area contributed by atoms with Crippen molar-refractivity contribution in [3.8, 4) is 45.4 Å². The zero-order chi connectivity index (χ0) is 32.6. The van der Waals surface area contributed by atoms with Crippen LogP contribution in [-0.2, 0) is 13.1 Å². The van der Waals surface area contributed by atoms with Gasteiger partial charge >= 0.3 is 0 Å². The molecule has 0 aliphatic carbocycles. The van der Waals surface area contributed by atoms with E-state index in [9.17, 15) is 19.0 Å². The molecule has 2 N–H and O–H groups in total. The van der Waals surface area contributed by atoms with E-state index in [-0.39, 0.29) is 26.2 Å². The summed E-state index contributed by atoms with van der Waals surface area (Å²) in [6.07, 6.45) is 3.19. The van der Waals surface area contributed by atoms with Crippen molar-refractivity contribution in [3.05, 3.63) is 70.2 Å². The molecule has 2 aromatic heterocycles. The maximum absolute atomic E-state index is 14.2. The molecule has 0 bridgehead atoms. The molecule has 0 atom stereocenters. The van der Waals surface area contributed by atoms with Crippen LogP contribution in [0.25, 0.3) is 33.6 Å². The van der Waals surface area contributed by atoms with E-state index in [0.29, 0.717) is 79.9 Å². The Morgan fingerprint density at radius 2 is 1.07 bits per heavy atom. The van der Waals surface area contributed by atoms with Gasteiger partial charge in [-0.1, -0.05) is 59.6 Å². The van der Waals surface area contributed by atoms with Crippen molar-refractivity contribution < 1.29 is 28.5 Å². The first-order chi connectivity index (χ1) is 22.1. The van der Waals surface area contributed by atoms with E-state index in [1.54, 1.807) is 12.4 Å². The van der Waals surface area contributed by atoms with Crippen LogP contribution in [0.2, 0.25) is 10.0 Å². The number of aromatic nitrogens is 4. The van der Waals surface area contributed by atoms with Crippen molar-refractivity contribution in [2.75, 3.05) is 53.6 Å². The Balaban J connectivity index is 1.26. The summed E-state index contributed by atoms with van der Waals surface area (Å²) in [7, 11) is 2.98. The lowest BCUT2D eigenvalue weighted by atomic mass is 9.97. The highest BCUT2D eigenvalue weighted by Gasteiger charge is 2.44. The third kappa shape index (κ3) is 6.25. The summed E-state index contributed by atoms with van der Waals surface area (Å²) in [5.41, 5.74) is 1.42. The molecule has 4 aromatic rings. The predicted octanol–water partition coefficient (Wildman–Crippen LogP) is 4.62. The Morgan fingerprint density at radius 3 is 1.41 bits per heavy atom. The lowest BCUT2D eigenvalue weighted by Crippen LogP contribution is -2.60. The fourth-order valence-corrected chi connectivity index (χ4v) is 6.48. The first kappa shape index (κ1) is 32.4. The van der Waals surface area contributed by atoms with Crippen molar-refractivity contribution in [2.45, 2.75) is 24.4 Å². The minimum absolute atomic E-state index is 0.108. The first-order valence-corrected chi connectivity index (χ1v) is 15.3. The second kappa shape index (κ2) is 12.9. The summed E-state index contributed by atoms with van der Waals surface area (Å²) in [5.74, 6) is 0.587. The van der Waals surface area contributed by atoms with E-state index >= 15 is 0 Å². The molecule has 2 aromatic carbocycles. The highest BCUT2D eigenvalue weighted by molar-refractivity contribution is 6.39. The fraction of sp³-hybridized carbons (Fsp3) is 0.375. The molecular weight excluding hydrogens is 641 g/mol. The summed E-state index contributed by atoms with van der Waals surface area (Å²) in [4.78, 5) is 22.0. The minimum atomic E-state index is -1.59. The summed E-state index contributed by atoms with van der Waals surface area (Å²) < 4.78 is 39.3. The molecule has 2 fully saturated rings. The van der Waals surface area contributed by atoms with Gasteiger partial charge in [0, 0.05) is 61.5 Å². The number of nitrogens with zero attached hydrogens (tertiary/aromatic N) is 6. The molecule has 46 heavy (non-hydrogen) atoms. The van der Waals surface area contributed by atoms with E-state index in [2.05, 4.69) is 19.9 Å². The number of halogens is 4. The van der Waals surface area contributed by atoms with Crippen LogP contribution >= 0.6 is 23.2 Å². The number of likely N-dealkylation sites (tertiary alicyclic amines) is 2. The molecule has 2 saturated heterocycles. The van der Waals surface area contributed by atoms with Crippen LogP contribution in [0.5, 0.6) is 11.8 Å². The highest BCUT2D eigenvalue weighted by atomic mass is 35.5. The molecule has 14 heteroatoms. The summed E-state index contributed by atoms with van der Waals surface area (Å²) >= 11 is 14.0. The van der Waals surface area contributed by atoms with E-state index in [4.69, 9.17) is 32.7 Å². The zero-order valence-corrected chi connectivity index (χ0v) is 26.7. The largest absolute Gasteiger partial charge is 0.480 e. The Labute approximate surface area is 274 Å². The SMILES string of the molecule is COc1nc(-c2cccc(-c3cccc(-c4cnc(CN5CC(F)(CO)C5)c(OC)n4)c3Cl)c2Cl)cnc1CN1CC(F)(CO)C1. The molecular formula is C32H32Cl2F2N6O4. The molecule has 2 aliphatic rings. The third-order valence-corrected chi connectivity index (χ3v) is 9.01. The van der Waals surface area contributed by atoms with Crippen molar-refractivity contribution in [1.29, 1.82) is 0 Å². The summed E-state index contributed by atoms with van der Waals surface area (Å²) in [6, 6.07) is 11.0. The highest BCUT2D eigenvalue weighted by Crippen LogP contribution is 2.42. The second-order valence-electron chi connectivity index (χ2n) is 11.7. The van der Waals surface area contributed by atoms with Gasteiger partial charge in [0.1, 0.15) is 11.4 Å². The average Bonchev–Trinajstić information content (AvgIpc) is 3.04. The van der Waals surface area contributed by atoms with Crippen molar-refractivity contribution in [3.63, 3.8) is 0 Å². The van der Waals surface area contributed by atoms with Crippen LogP contribution in [0.3, 0.4) is 0 Å². The van der Waals surface area contributed by atoms with E-state index in [1.165, 1.54) is 14.2 Å². The van der Waals surface area contributed by atoms with Gasteiger partial charge in [-0.15, -0.1) is 0 Å². The third-order valence-electron chi connectivity index (χ3n) is 8.19. The van der Waals surface area contributed by atoms with E-state index in [0.717, 1.165) is 0 Å². The molecule has 0 unspecified atom stereocenters. The maximum atomic E-state index is 14.2. The van der Waals surface area contributed by atoms with Gasteiger partial charge in [0.25, 0.3) is 0 Å². The topological polar surface area (TPSA) is 117 Å². The van der Waals surface area contributed by atoms with Crippen LogP contribution in [0.1, 0.15) is 11.4 Å². The van der Waals surface area contributed by atoms with Gasteiger partial charge in [-0.2, -0.15) is 0 Å². The average molecular weight is 674 g/mol. The van der Waals surface area contributed by atoms with E-state index in [1.807, 2.05) is 46.2 Å². The van der Waals surface area contributed by atoms with Crippen LogP contribution in [0.15, 0.2) is 48.8 Å². The Kier molecular flexibility index (Phi) is 9.12. The number of hydrogen-bond donors (Lipinski definition) is 2. The molecule has 2 aliphatic heterocycles. The lowest BCUT2D eigenvalue weighted by molar-refractivity contribution is -0.0714. The minimum Gasteiger partial charge on any atom is -0.480 e. The van der Waals surface area contributed by atoms with Gasteiger partial charge in [-0.05, 0) is 0 Å². The molecule has 0 spiro atoms. The molecule has 4 heterocycles. The number of ether oxygens (including phenoxy) is 2. The molecule has 10 nitrogen and oxygen atoms in total. The molecule has 242 valence electrons. The molecule has 6 rings (SSSR count). The van der Waals surface area contributed by atoms with Crippen LogP contribution in [0.4, 0.5) is 8.78 Å². The Bertz CT molecular complexity index is 1630. The monoisotopic (exact) mass is 672 g/mol. The number of methoxy groups -OCH3 is 2. The fourth-order valence-electron chi connectivity index (χ4n) is 5.83. The van der Waals surface area contributed by atoms with Crippen molar-refractivity contribution >= 4 is 23.2 Å². The summed E-state index contributed by atoms with van der Waals surface area (Å²) in [5, 5.41) is 19.2. The van der Waals surface area contributed by atoms with Crippen molar-refractivity contribution in [2.24, 2.45) is 0 Å². The number of rotatable bonds is 11. The van der Waals surface area contributed by atoms with Gasteiger partial charge in [0.15, 0.2) is 11.3 Å². The second-order valence-corrected chi connectivity index (χ2v) is 12.4. The smallest absolute Gasteiger partial charge is 0.237 e. The Morgan fingerprint density at radius 1 is 0.696 bits per heavy atom. The van der Waals surface area contributed by atoms with Gasteiger partial charge in [0.05, 0.1) is 61.3 Å². The van der Waals surface area contributed by atoms with Gasteiger partial charge in [-0.3, -0.25) is 19.8 Å². The van der Waals surface area contributed by atoms with Gasteiger partial charge < -0.3 is 19.7 Å². The molecule has 0 radical (unpaired) electrons. The van der Waals surface area contributed by atoms with Crippen LogP contribution in [0, 0.1) is 0 Å². The van der Waals surface area contributed by atoms with Crippen LogP contribution < -0.4 is 9.47 Å². The van der Waals surface area contributed by atoms with E-state index < -0.39 is 24.6 Å². The lowest BCUT2D eigenvalue weighted by Gasteiger charge is -2.43.